The van der Waals surface area contributed by atoms with Crippen LogP contribution < -0.4 is 0 Å². The van der Waals surface area contributed by atoms with Gasteiger partial charge in [0.15, 0.2) is 0 Å². The zero-order valence-electron chi connectivity index (χ0n) is 10.9. The highest BCUT2D eigenvalue weighted by Gasteiger charge is 2.60. The number of hydrogen-bond acceptors (Lipinski definition) is 2. The van der Waals surface area contributed by atoms with Crippen molar-refractivity contribution in [1.82, 2.24) is 4.90 Å². The molecule has 3 nitrogen and oxygen atoms in total. The Kier molecular flexibility index (Phi) is 3.21. The lowest BCUT2D eigenvalue weighted by Crippen LogP contribution is -2.74. The molecule has 0 bridgehead atoms. The lowest BCUT2D eigenvalue weighted by atomic mass is 9.68. The van der Waals surface area contributed by atoms with E-state index in [9.17, 15) is 9.90 Å². The quantitative estimate of drug-likeness (QED) is 0.585. The zero-order chi connectivity index (χ0) is 12.7. The van der Waals surface area contributed by atoms with Crippen molar-refractivity contribution in [2.75, 3.05) is 6.61 Å². The van der Waals surface area contributed by atoms with Crippen molar-refractivity contribution in [2.45, 2.75) is 46.2 Å². The molecule has 1 rings (SSSR count). The summed E-state index contributed by atoms with van der Waals surface area (Å²) in [7, 11) is 0. The minimum absolute atomic E-state index is 0.0265. The highest BCUT2D eigenvalue weighted by Crippen LogP contribution is 2.45. The molecule has 1 aliphatic rings. The van der Waals surface area contributed by atoms with Crippen molar-refractivity contribution in [2.24, 2.45) is 11.3 Å². The summed E-state index contributed by atoms with van der Waals surface area (Å²) >= 11 is 0. The molecule has 1 saturated heterocycles. The van der Waals surface area contributed by atoms with Crippen molar-refractivity contribution in [1.29, 1.82) is 0 Å². The van der Waals surface area contributed by atoms with Gasteiger partial charge < -0.3 is 10.0 Å². The van der Waals surface area contributed by atoms with Gasteiger partial charge in [-0.3, -0.25) is 4.79 Å². The molecule has 92 valence electrons. The first-order chi connectivity index (χ1) is 7.23. The van der Waals surface area contributed by atoms with Crippen LogP contribution >= 0.6 is 0 Å². The lowest BCUT2D eigenvalue weighted by molar-refractivity contribution is -0.185. The van der Waals surface area contributed by atoms with Gasteiger partial charge in [0.2, 0.25) is 5.91 Å². The Labute approximate surface area is 98.1 Å². The number of carbonyl (C=O) groups excluding carboxylic acids is 1. The van der Waals surface area contributed by atoms with E-state index in [1.54, 1.807) is 13.0 Å². The Hall–Kier alpha value is -0.830. The summed E-state index contributed by atoms with van der Waals surface area (Å²) in [6.07, 6.45) is 1.77. The number of nitrogens with zero attached hydrogens (tertiary/aromatic N) is 1. The van der Waals surface area contributed by atoms with Crippen LogP contribution in [0.15, 0.2) is 12.7 Å². The molecule has 1 fully saturated rings. The van der Waals surface area contributed by atoms with E-state index in [0.717, 1.165) is 0 Å². The molecular formula is C13H23NO2. The summed E-state index contributed by atoms with van der Waals surface area (Å²) in [5.41, 5.74) is -0.876. The van der Waals surface area contributed by atoms with Crippen molar-refractivity contribution < 1.29 is 9.90 Å². The number of aliphatic hydroxyl groups is 1. The SMILES string of the molecule is C=CC1N(C(C)(C)C(C)C)C(=O)C1(C)CO. The number of rotatable bonds is 4. The summed E-state index contributed by atoms with van der Waals surface area (Å²) in [5, 5.41) is 9.34. The van der Waals surface area contributed by atoms with Crippen LogP contribution in [0.4, 0.5) is 0 Å². The first-order valence-corrected chi connectivity index (χ1v) is 5.80. The number of hydrogen-bond donors (Lipinski definition) is 1. The number of β-lactam (4-membered cyclic amide) rings is 1. The standard InChI is InChI=1S/C13H23NO2/c1-7-10-13(6,8-15)11(16)14(10)12(4,5)9(2)3/h7,9-10,15H,1,8H2,2-6H3. The van der Waals surface area contributed by atoms with Crippen molar-refractivity contribution in [3.63, 3.8) is 0 Å². The molecule has 16 heavy (non-hydrogen) atoms. The number of carbonyl (C=O) groups is 1. The van der Waals surface area contributed by atoms with Crippen molar-refractivity contribution in [3.8, 4) is 0 Å². The fourth-order valence-corrected chi connectivity index (χ4v) is 2.17. The molecule has 0 spiro atoms. The second-order valence-corrected chi connectivity index (χ2v) is 5.74. The summed E-state index contributed by atoms with van der Waals surface area (Å²) in [6, 6.07) is -0.0672. The first-order valence-electron chi connectivity index (χ1n) is 5.80. The first kappa shape index (κ1) is 13.2. The van der Waals surface area contributed by atoms with E-state index < -0.39 is 5.41 Å². The summed E-state index contributed by atoms with van der Waals surface area (Å²) < 4.78 is 0. The van der Waals surface area contributed by atoms with Crippen LogP contribution in [0.1, 0.15) is 34.6 Å². The summed E-state index contributed by atoms with van der Waals surface area (Å²) in [4.78, 5) is 14.0. The largest absolute Gasteiger partial charge is 0.395 e. The molecule has 1 heterocycles. The van der Waals surface area contributed by atoms with E-state index in [-0.39, 0.29) is 24.1 Å². The molecule has 0 aliphatic carbocycles. The fourth-order valence-electron chi connectivity index (χ4n) is 2.17. The number of aliphatic hydroxyl groups excluding tert-OH is 1. The third-order valence-electron chi connectivity index (χ3n) is 4.22. The Bertz CT molecular complexity index is 309. The monoisotopic (exact) mass is 225 g/mol. The highest BCUT2D eigenvalue weighted by molar-refractivity contribution is 5.91. The van der Waals surface area contributed by atoms with Crippen LogP contribution in [-0.4, -0.2) is 34.1 Å². The molecule has 0 radical (unpaired) electrons. The molecule has 1 amide bonds. The zero-order valence-corrected chi connectivity index (χ0v) is 10.9. The van der Waals surface area contributed by atoms with E-state index in [1.165, 1.54) is 0 Å². The van der Waals surface area contributed by atoms with Gasteiger partial charge in [-0.1, -0.05) is 19.9 Å². The van der Waals surface area contributed by atoms with Crippen molar-refractivity contribution in [3.05, 3.63) is 12.7 Å². The van der Waals surface area contributed by atoms with Crippen LogP contribution in [-0.2, 0) is 4.79 Å². The molecule has 2 atom stereocenters. The Morgan fingerprint density at radius 2 is 2.12 bits per heavy atom. The smallest absolute Gasteiger partial charge is 0.234 e. The Morgan fingerprint density at radius 3 is 2.44 bits per heavy atom. The van der Waals surface area contributed by atoms with E-state index in [0.29, 0.717) is 5.92 Å². The molecule has 0 aromatic heterocycles. The number of likely N-dealkylation sites (tertiary alicyclic amines) is 1. The van der Waals surface area contributed by atoms with Crippen LogP contribution in [0.5, 0.6) is 0 Å². The second-order valence-electron chi connectivity index (χ2n) is 5.74. The molecule has 2 unspecified atom stereocenters. The normalized spacial score (nSPS) is 30.6. The van der Waals surface area contributed by atoms with E-state index in [4.69, 9.17) is 0 Å². The van der Waals surface area contributed by atoms with Gasteiger partial charge >= 0.3 is 0 Å². The van der Waals surface area contributed by atoms with Gasteiger partial charge in [-0.25, -0.2) is 0 Å². The summed E-state index contributed by atoms with van der Waals surface area (Å²) in [6.45, 7) is 13.8. The predicted molar refractivity (Wildman–Crippen MR) is 64.9 cm³/mol. The minimum Gasteiger partial charge on any atom is -0.395 e. The maximum atomic E-state index is 12.2. The maximum Gasteiger partial charge on any atom is 0.234 e. The Balaban J connectivity index is 3.03. The average Bonchev–Trinajstić information content (AvgIpc) is 2.22. The molecular weight excluding hydrogens is 202 g/mol. The lowest BCUT2D eigenvalue weighted by Gasteiger charge is -2.60. The van der Waals surface area contributed by atoms with Crippen LogP contribution in [0.25, 0.3) is 0 Å². The Morgan fingerprint density at radius 1 is 1.62 bits per heavy atom. The van der Waals surface area contributed by atoms with Gasteiger partial charge in [-0.05, 0) is 26.7 Å². The third kappa shape index (κ3) is 1.49. The second kappa shape index (κ2) is 3.88. The van der Waals surface area contributed by atoms with Gasteiger partial charge in [0, 0.05) is 5.54 Å². The van der Waals surface area contributed by atoms with Gasteiger partial charge in [-0.2, -0.15) is 0 Å². The molecule has 0 aromatic rings. The van der Waals surface area contributed by atoms with E-state index >= 15 is 0 Å². The van der Waals surface area contributed by atoms with E-state index in [1.807, 2.05) is 4.90 Å². The highest BCUT2D eigenvalue weighted by atomic mass is 16.3. The summed E-state index contributed by atoms with van der Waals surface area (Å²) in [5.74, 6) is 0.390. The van der Waals surface area contributed by atoms with Gasteiger partial charge in [0.1, 0.15) is 0 Å². The average molecular weight is 225 g/mol. The van der Waals surface area contributed by atoms with Crippen LogP contribution in [0.3, 0.4) is 0 Å². The molecule has 1 N–H and O–H groups in total. The number of amides is 1. The molecule has 1 aliphatic heterocycles. The topological polar surface area (TPSA) is 40.5 Å². The van der Waals surface area contributed by atoms with Gasteiger partial charge in [0.05, 0.1) is 18.1 Å². The van der Waals surface area contributed by atoms with Gasteiger partial charge in [-0.15, -0.1) is 6.58 Å². The third-order valence-corrected chi connectivity index (χ3v) is 4.22. The van der Waals surface area contributed by atoms with Crippen LogP contribution in [0.2, 0.25) is 0 Å². The fraction of sp³-hybridized carbons (Fsp3) is 0.769. The van der Waals surface area contributed by atoms with Crippen LogP contribution in [0, 0.1) is 11.3 Å². The van der Waals surface area contributed by atoms with Gasteiger partial charge in [0.25, 0.3) is 0 Å². The minimum atomic E-state index is -0.673. The molecule has 3 heteroatoms. The maximum absolute atomic E-state index is 12.2. The van der Waals surface area contributed by atoms with Crippen molar-refractivity contribution >= 4 is 5.91 Å². The molecule has 0 aromatic carbocycles. The van der Waals surface area contributed by atoms with E-state index in [2.05, 4.69) is 34.3 Å². The predicted octanol–water partition coefficient (Wildman–Crippen LogP) is 1.82. The molecule has 0 saturated carbocycles.